The van der Waals surface area contributed by atoms with Crippen LogP contribution in [0, 0.1) is 0 Å². The molecule has 0 aliphatic rings. The highest BCUT2D eigenvalue weighted by atomic mass is 32.2. The number of anilines is 1. The zero-order chi connectivity index (χ0) is 19.9. The van der Waals surface area contributed by atoms with Gasteiger partial charge < -0.3 is 10.1 Å². The summed E-state index contributed by atoms with van der Waals surface area (Å²) in [6.07, 6.45) is 1.48. The highest BCUT2D eigenvalue weighted by Gasteiger charge is 2.16. The summed E-state index contributed by atoms with van der Waals surface area (Å²) in [6.45, 7) is -0.427. The molecule has 1 amide bonds. The maximum atomic E-state index is 12.2. The number of hydrogen-bond acceptors (Lipinski definition) is 4. The van der Waals surface area contributed by atoms with E-state index in [9.17, 15) is 13.8 Å². The molecule has 0 saturated heterocycles. The van der Waals surface area contributed by atoms with E-state index in [-0.39, 0.29) is 5.56 Å². The van der Waals surface area contributed by atoms with E-state index in [1.807, 2.05) is 42.5 Å². The van der Waals surface area contributed by atoms with Crippen LogP contribution in [-0.2, 0) is 20.3 Å². The van der Waals surface area contributed by atoms with Crippen molar-refractivity contribution in [2.45, 2.75) is 4.90 Å². The van der Waals surface area contributed by atoms with Gasteiger partial charge in [0.15, 0.2) is 6.61 Å². The topological polar surface area (TPSA) is 72.5 Å². The van der Waals surface area contributed by atoms with Gasteiger partial charge in [-0.2, -0.15) is 0 Å². The largest absolute Gasteiger partial charge is 0.452 e. The molecular weight excluding hydrogens is 374 g/mol. The summed E-state index contributed by atoms with van der Waals surface area (Å²) >= 11 is 0. The number of amides is 1. The molecule has 0 heterocycles. The Labute approximate surface area is 165 Å². The monoisotopic (exact) mass is 393 g/mol. The second kappa shape index (κ2) is 9.10. The summed E-state index contributed by atoms with van der Waals surface area (Å²) in [5.41, 5.74) is 2.93. The van der Waals surface area contributed by atoms with Crippen LogP contribution in [0.4, 0.5) is 5.69 Å². The molecule has 142 valence electrons. The van der Waals surface area contributed by atoms with Crippen molar-refractivity contribution in [3.8, 4) is 11.1 Å². The van der Waals surface area contributed by atoms with E-state index >= 15 is 0 Å². The Kier molecular flexibility index (Phi) is 6.34. The average molecular weight is 393 g/mol. The predicted octanol–water partition coefficient (Wildman–Crippen LogP) is 3.89. The normalized spacial score (nSPS) is 11.5. The van der Waals surface area contributed by atoms with Gasteiger partial charge in [-0.05, 0) is 35.4 Å². The van der Waals surface area contributed by atoms with Crippen LogP contribution in [0.1, 0.15) is 10.4 Å². The van der Waals surface area contributed by atoms with Crippen LogP contribution < -0.4 is 5.32 Å². The van der Waals surface area contributed by atoms with Crippen molar-refractivity contribution in [1.82, 2.24) is 0 Å². The van der Waals surface area contributed by atoms with Crippen LogP contribution in [0.25, 0.3) is 11.1 Å². The van der Waals surface area contributed by atoms with E-state index in [0.717, 1.165) is 11.1 Å². The molecule has 5 nitrogen and oxygen atoms in total. The molecule has 1 N–H and O–H groups in total. The van der Waals surface area contributed by atoms with Gasteiger partial charge >= 0.3 is 5.97 Å². The summed E-state index contributed by atoms with van der Waals surface area (Å²) in [7, 11) is -1.33. The third-order valence-electron chi connectivity index (χ3n) is 4.03. The first-order valence-electron chi connectivity index (χ1n) is 8.59. The van der Waals surface area contributed by atoms with Crippen LogP contribution in [0.2, 0.25) is 0 Å². The second-order valence-corrected chi connectivity index (χ2v) is 7.37. The first kappa shape index (κ1) is 19.5. The van der Waals surface area contributed by atoms with Crippen molar-refractivity contribution in [2.24, 2.45) is 0 Å². The number of benzene rings is 3. The van der Waals surface area contributed by atoms with Gasteiger partial charge in [0.1, 0.15) is 0 Å². The summed E-state index contributed by atoms with van der Waals surface area (Å²) < 4.78 is 16.8. The molecule has 6 heteroatoms. The summed E-state index contributed by atoms with van der Waals surface area (Å²) in [5, 5.41) is 2.69. The van der Waals surface area contributed by atoms with E-state index < -0.39 is 29.3 Å². The van der Waals surface area contributed by atoms with Gasteiger partial charge in [-0.15, -0.1) is 0 Å². The number of hydrogen-bond donors (Lipinski definition) is 1. The number of ether oxygens (including phenoxy) is 1. The zero-order valence-corrected chi connectivity index (χ0v) is 16.1. The number of esters is 1. The number of carbonyl (C=O) groups excluding carboxylic acids is 2. The van der Waals surface area contributed by atoms with Crippen LogP contribution in [0.5, 0.6) is 0 Å². The van der Waals surface area contributed by atoms with E-state index in [1.54, 1.807) is 30.3 Å². The quantitative estimate of drug-likeness (QED) is 0.645. The van der Waals surface area contributed by atoms with Crippen molar-refractivity contribution in [2.75, 3.05) is 18.2 Å². The minimum absolute atomic E-state index is 0.198. The molecule has 0 saturated carbocycles. The molecule has 28 heavy (non-hydrogen) atoms. The molecule has 0 bridgehead atoms. The standard InChI is InChI=1S/C22H19NO4S/c1-28(26)20-10-6-5-9-19(20)22(25)27-15-21(24)23-18-13-11-17(12-14-18)16-7-3-2-4-8-16/h2-14H,15H2,1H3,(H,23,24)/t28-/m1/s1. The minimum atomic E-state index is -1.33. The fraction of sp³-hybridized carbons (Fsp3) is 0.0909. The van der Waals surface area contributed by atoms with Crippen LogP contribution >= 0.6 is 0 Å². The minimum Gasteiger partial charge on any atom is -0.452 e. The van der Waals surface area contributed by atoms with Crippen molar-refractivity contribution in [3.05, 3.63) is 84.4 Å². The first-order chi connectivity index (χ1) is 13.5. The van der Waals surface area contributed by atoms with Crippen molar-refractivity contribution in [3.63, 3.8) is 0 Å². The molecule has 0 radical (unpaired) electrons. The lowest BCUT2D eigenvalue weighted by Gasteiger charge is -2.09. The molecule has 1 atom stereocenters. The van der Waals surface area contributed by atoms with Gasteiger partial charge in [-0.3, -0.25) is 9.00 Å². The maximum Gasteiger partial charge on any atom is 0.339 e. The van der Waals surface area contributed by atoms with Crippen LogP contribution in [-0.4, -0.2) is 28.9 Å². The summed E-state index contributed by atoms with van der Waals surface area (Å²) in [4.78, 5) is 24.6. The lowest BCUT2D eigenvalue weighted by molar-refractivity contribution is -0.119. The fourth-order valence-electron chi connectivity index (χ4n) is 2.67. The number of rotatable bonds is 6. The molecule has 3 aromatic rings. The highest BCUT2D eigenvalue weighted by Crippen LogP contribution is 2.21. The van der Waals surface area contributed by atoms with Gasteiger partial charge in [0.2, 0.25) is 0 Å². The van der Waals surface area contributed by atoms with E-state index in [0.29, 0.717) is 10.6 Å². The SMILES string of the molecule is C[S@@](=O)c1ccccc1C(=O)OCC(=O)Nc1ccc(-c2ccccc2)cc1. The Morgan fingerprint density at radius 2 is 1.46 bits per heavy atom. The average Bonchev–Trinajstić information content (AvgIpc) is 2.73. The lowest BCUT2D eigenvalue weighted by Crippen LogP contribution is -2.21. The highest BCUT2D eigenvalue weighted by molar-refractivity contribution is 7.84. The maximum absolute atomic E-state index is 12.2. The first-order valence-corrected chi connectivity index (χ1v) is 10.2. The Balaban J connectivity index is 1.57. The molecule has 3 rings (SSSR count). The van der Waals surface area contributed by atoms with Crippen molar-refractivity contribution >= 4 is 28.4 Å². The van der Waals surface area contributed by atoms with Crippen LogP contribution in [0.15, 0.2) is 83.8 Å². The van der Waals surface area contributed by atoms with E-state index in [1.165, 1.54) is 12.3 Å². The third kappa shape index (κ3) is 4.92. The Morgan fingerprint density at radius 1 is 0.857 bits per heavy atom. The molecule has 0 fully saturated rings. The third-order valence-corrected chi connectivity index (χ3v) is 5.00. The fourth-order valence-corrected chi connectivity index (χ4v) is 3.40. The molecule has 0 aliphatic heterocycles. The predicted molar refractivity (Wildman–Crippen MR) is 110 cm³/mol. The Hall–Kier alpha value is -3.25. The molecule has 3 aromatic carbocycles. The molecule has 0 aliphatic carbocycles. The molecule has 0 spiro atoms. The lowest BCUT2D eigenvalue weighted by atomic mass is 10.1. The van der Waals surface area contributed by atoms with Gasteiger partial charge in [-0.25, -0.2) is 4.79 Å². The van der Waals surface area contributed by atoms with E-state index in [4.69, 9.17) is 4.74 Å². The van der Waals surface area contributed by atoms with Gasteiger partial charge in [-0.1, -0.05) is 54.6 Å². The molecule has 0 unspecified atom stereocenters. The number of carbonyl (C=O) groups is 2. The molecule has 0 aromatic heterocycles. The van der Waals surface area contributed by atoms with Gasteiger partial charge in [0.05, 0.1) is 21.3 Å². The summed E-state index contributed by atoms with van der Waals surface area (Å²) in [5.74, 6) is -1.13. The van der Waals surface area contributed by atoms with Gasteiger partial charge in [0, 0.05) is 11.9 Å². The van der Waals surface area contributed by atoms with Gasteiger partial charge in [0.25, 0.3) is 5.91 Å². The zero-order valence-electron chi connectivity index (χ0n) is 15.3. The number of nitrogens with one attached hydrogen (secondary N) is 1. The molecular formula is C22H19NO4S. The smallest absolute Gasteiger partial charge is 0.339 e. The van der Waals surface area contributed by atoms with E-state index in [2.05, 4.69) is 5.32 Å². The Bertz CT molecular complexity index is 1000. The van der Waals surface area contributed by atoms with Crippen LogP contribution in [0.3, 0.4) is 0 Å². The Morgan fingerprint density at radius 3 is 2.14 bits per heavy atom. The summed E-state index contributed by atoms with van der Waals surface area (Å²) in [6, 6.07) is 23.8. The van der Waals surface area contributed by atoms with Crippen molar-refractivity contribution < 1.29 is 18.5 Å². The second-order valence-electron chi connectivity index (χ2n) is 6.02. The van der Waals surface area contributed by atoms with Crippen molar-refractivity contribution in [1.29, 1.82) is 0 Å².